The standard InChI is InChI=1S/C15H20N2O/c1-12(2)10-17(8-4-7-16)15-6-5-14(11-18)13(3)9-15/h5-6,9,11-12H,4,8,10H2,1-3H3. The first-order valence-corrected chi connectivity index (χ1v) is 6.26. The number of benzene rings is 1. The Kier molecular flexibility index (Phi) is 5.38. The fraction of sp³-hybridized carbons (Fsp3) is 0.467. The zero-order valence-corrected chi connectivity index (χ0v) is 11.3. The van der Waals surface area contributed by atoms with Gasteiger partial charge < -0.3 is 4.90 Å². The van der Waals surface area contributed by atoms with Gasteiger partial charge in [-0.1, -0.05) is 13.8 Å². The van der Waals surface area contributed by atoms with Gasteiger partial charge in [0.15, 0.2) is 0 Å². The number of rotatable bonds is 6. The van der Waals surface area contributed by atoms with Crippen LogP contribution in [0.3, 0.4) is 0 Å². The van der Waals surface area contributed by atoms with Gasteiger partial charge in [0.2, 0.25) is 0 Å². The van der Waals surface area contributed by atoms with Crippen molar-refractivity contribution in [2.45, 2.75) is 27.2 Å². The molecule has 0 amide bonds. The van der Waals surface area contributed by atoms with Crippen LogP contribution in [0.5, 0.6) is 0 Å². The van der Waals surface area contributed by atoms with Gasteiger partial charge in [-0.15, -0.1) is 0 Å². The van der Waals surface area contributed by atoms with Crippen LogP contribution in [0.1, 0.15) is 36.2 Å². The maximum absolute atomic E-state index is 10.8. The van der Waals surface area contributed by atoms with E-state index in [0.29, 0.717) is 12.3 Å². The molecular weight excluding hydrogens is 224 g/mol. The van der Waals surface area contributed by atoms with Gasteiger partial charge in [0.1, 0.15) is 6.29 Å². The molecule has 0 heterocycles. The predicted molar refractivity (Wildman–Crippen MR) is 73.8 cm³/mol. The number of carbonyl (C=O) groups is 1. The number of carbonyl (C=O) groups excluding carboxylic acids is 1. The summed E-state index contributed by atoms with van der Waals surface area (Å²) in [4.78, 5) is 13.0. The van der Waals surface area contributed by atoms with Crippen LogP contribution in [0.4, 0.5) is 5.69 Å². The van der Waals surface area contributed by atoms with E-state index in [0.717, 1.165) is 36.2 Å². The number of nitriles is 1. The molecule has 0 aliphatic heterocycles. The first-order valence-electron chi connectivity index (χ1n) is 6.26. The number of hydrogen-bond donors (Lipinski definition) is 0. The van der Waals surface area contributed by atoms with Gasteiger partial charge in [0.25, 0.3) is 0 Å². The lowest BCUT2D eigenvalue weighted by Crippen LogP contribution is -2.28. The zero-order valence-electron chi connectivity index (χ0n) is 11.3. The summed E-state index contributed by atoms with van der Waals surface area (Å²) >= 11 is 0. The highest BCUT2D eigenvalue weighted by Crippen LogP contribution is 2.20. The fourth-order valence-electron chi connectivity index (χ4n) is 1.94. The van der Waals surface area contributed by atoms with Crippen LogP contribution in [-0.4, -0.2) is 19.4 Å². The van der Waals surface area contributed by atoms with Gasteiger partial charge in [-0.05, 0) is 36.6 Å². The molecule has 0 unspecified atom stereocenters. The molecular formula is C15H20N2O. The van der Waals surface area contributed by atoms with Crippen LogP contribution in [0.2, 0.25) is 0 Å². The highest BCUT2D eigenvalue weighted by molar-refractivity contribution is 5.78. The van der Waals surface area contributed by atoms with Crippen molar-refractivity contribution in [3.63, 3.8) is 0 Å². The van der Waals surface area contributed by atoms with Crippen molar-refractivity contribution in [1.29, 1.82) is 5.26 Å². The van der Waals surface area contributed by atoms with E-state index in [-0.39, 0.29) is 0 Å². The quantitative estimate of drug-likeness (QED) is 0.722. The number of aldehydes is 1. The molecule has 0 bridgehead atoms. The van der Waals surface area contributed by atoms with Crippen molar-refractivity contribution in [1.82, 2.24) is 0 Å². The third-order valence-electron chi connectivity index (χ3n) is 2.82. The maximum atomic E-state index is 10.8. The van der Waals surface area contributed by atoms with E-state index in [4.69, 9.17) is 5.26 Å². The van der Waals surface area contributed by atoms with Crippen LogP contribution in [0.15, 0.2) is 18.2 Å². The maximum Gasteiger partial charge on any atom is 0.150 e. The molecule has 18 heavy (non-hydrogen) atoms. The molecule has 3 nitrogen and oxygen atoms in total. The smallest absolute Gasteiger partial charge is 0.150 e. The summed E-state index contributed by atoms with van der Waals surface area (Å²) in [5, 5.41) is 8.71. The van der Waals surface area contributed by atoms with E-state index in [2.05, 4.69) is 24.8 Å². The third-order valence-corrected chi connectivity index (χ3v) is 2.82. The van der Waals surface area contributed by atoms with Crippen molar-refractivity contribution in [2.24, 2.45) is 5.92 Å². The molecule has 0 N–H and O–H groups in total. The highest BCUT2D eigenvalue weighted by Gasteiger charge is 2.09. The molecule has 0 fully saturated rings. The minimum atomic E-state index is 0.515. The summed E-state index contributed by atoms with van der Waals surface area (Å²) in [7, 11) is 0. The second kappa shape index (κ2) is 6.80. The summed E-state index contributed by atoms with van der Waals surface area (Å²) < 4.78 is 0. The lowest BCUT2D eigenvalue weighted by molar-refractivity contribution is 0.112. The zero-order chi connectivity index (χ0) is 13.5. The van der Waals surface area contributed by atoms with Crippen molar-refractivity contribution in [3.8, 4) is 6.07 Å². The molecule has 0 atom stereocenters. The van der Waals surface area contributed by atoms with E-state index in [1.807, 2.05) is 25.1 Å². The highest BCUT2D eigenvalue weighted by atomic mass is 16.1. The van der Waals surface area contributed by atoms with Crippen LogP contribution in [0.25, 0.3) is 0 Å². The summed E-state index contributed by atoms with van der Waals surface area (Å²) in [6.45, 7) is 7.90. The topological polar surface area (TPSA) is 44.1 Å². The second-order valence-electron chi connectivity index (χ2n) is 4.91. The normalized spacial score (nSPS) is 10.2. The molecule has 96 valence electrons. The average Bonchev–Trinajstić information content (AvgIpc) is 2.34. The van der Waals surface area contributed by atoms with Gasteiger partial charge in [-0.2, -0.15) is 5.26 Å². The lowest BCUT2D eigenvalue weighted by atomic mass is 10.1. The Hall–Kier alpha value is -1.82. The van der Waals surface area contributed by atoms with Crippen molar-refractivity contribution >= 4 is 12.0 Å². The average molecular weight is 244 g/mol. The van der Waals surface area contributed by atoms with Gasteiger partial charge in [-0.3, -0.25) is 4.79 Å². The number of aryl methyl sites for hydroxylation is 1. The Morgan fingerprint density at radius 3 is 2.67 bits per heavy atom. The van der Waals surface area contributed by atoms with Crippen LogP contribution >= 0.6 is 0 Å². The lowest BCUT2D eigenvalue weighted by Gasteiger charge is -2.26. The van der Waals surface area contributed by atoms with Gasteiger partial charge in [0.05, 0.1) is 12.5 Å². The minimum Gasteiger partial charge on any atom is -0.370 e. The molecule has 1 aromatic carbocycles. The molecule has 0 saturated heterocycles. The third kappa shape index (κ3) is 3.89. The van der Waals surface area contributed by atoms with Gasteiger partial charge in [-0.25, -0.2) is 0 Å². The van der Waals surface area contributed by atoms with E-state index in [9.17, 15) is 4.79 Å². The first kappa shape index (κ1) is 14.2. The van der Waals surface area contributed by atoms with Crippen LogP contribution < -0.4 is 4.90 Å². The second-order valence-corrected chi connectivity index (χ2v) is 4.91. The molecule has 0 aliphatic carbocycles. The van der Waals surface area contributed by atoms with Crippen LogP contribution in [0, 0.1) is 24.2 Å². The molecule has 0 spiro atoms. The molecule has 0 aliphatic rings. The summed E-state index contributed by atoms with van der Waals surface area (Å²) in [6, 6.07) is 8.00. The summed E-state index contributed by atoms with van der Waals surface area (Å²) in [5.74, 6) is 0.537. The molecule has 3 heteroatoms. The van der Waals surface area contributed by atoms with Gasteiger partial charge >= 0.3 is 0 Å². The number of nitrogens with zero attached hydrogens (tertiary/aromatic N) is 2. The van der Waals surface area contributed by atoms with Crippen molar-refractivity contribution in [2.75, 3.05) is 18.0 Å². The number of hydrogen-bond acceptors (Lipinski definition) is 3. The summed E-state index contributed by atoms with van der Waals surface area (Å²) in [5.41, 5.74) is 2.79. The van der Waals surface area contributed by atoms with Crippen LogP contribution in [-0.2, 0) is 0 Å². The van der Waals surface area contributed by atoms with Crippen molar-refractivity contribution < 1.29 is 4.79 Å². The monoisotopic (exact) mass is 244 g/mol. The number of anilines is 1. The summed E-state index contributed by atoms with van der Waals surface area (Å²) in [6.07, 6.45) is 1.39. The van der Waals surface area contributed by atoms with Crippen molar-refractivity contribution in [3.05, 3.63) is 29.3 Å². The predicted octanol–water partition coefficient (Wildman–Crippen LogP) is 3.18. The fourth-order valence-corrected chi connectivity index (χ4v) is 1.94. The Morgan fingerprint density at radius 1 is 1.44 bits per heavy atom. The Morgan fingerprint density at radius 2 is 2.17 bits per heavy atom. The van der Waals surface area contributed by atoms with E-state index in [1.165, 1.54) is 0 Å². The molecule has 0 aromatic heterocycles. The molecule has 0 saturated carbocycles. The van der Waals surface area contributed by atoms with E-state index < -0.39 is 0 Å². The Balaban J connectivity index is 2.93. The minimum absolute atomic E-state index is 0.515. The molecule has 1 aromatic rings. The van der Waals surface area contributed by atoms with Gasteiger partial charge in [0, 0.05) is 24.3 Å². The molecule has 1 rings (SSSR count). The SMILES string of the molecule is Cc1cc(N(CCC#N)CC(C)C)ccc1C=O. The first-order chi connectivity index (χ1) is 8.58. The Bertz CT molecular complexity index is 446. The molecule has 0 radical (unpaired) electrons. The van der Waals surface area contributed by atoms with E-state index >= 15 is 0 Å². The Labute approximate surface area is 109 Å². The van der Waals surface area contributed by atoms with E-state index in [1.54, 1.807) is 0 Å². The largest absolute Gasteiger partial charge is 0.370 e.